The van der Waals surface area contributed by atoms with Crippen LogP contribution in [-0.4, -0.2) is 18.9 Å². The monoisotopic (exact) mass is 420 g/mol. The Labute approximate surface area is 177 Å². The first-order chi connectivity index (χ1) is 14.6. The number of rotatable bonds is 6. The highest BCUT2D eigenvalue weighted by atomic mass is 32.2. The van der Waals surface area contributed by atoms with Gasteiger partial charge in [0.2, 0.25) is 0 Å². The minimum Gasteiger partial charge on any atom is -0.495 e. The number of thioether (sulfide) groups is 1. The molecular formula is C23H17FN2O3S. The van der Waals surface area contributed by atoms with E-state index in [0.717, 1.165) is 21.6 Å². The van der Waals surface area contributed by atoms with Crippen LogP contribution >= 0.6 is 11.8 Å². The van der Waals surface area contributed by atoms with Crippen LogP contribution in [0.1, 0.15) is 0 Å². The summed E-state index contributed by atoms with van der Waals surface area (Å²) in [5.74, 6) is -1.36. The molecule has 0 saturated carbocycles. The molecule has 150 valence electrons. The van der Waals surface area contributed by atoms with E-state index in [9.17, 15) is 14.0 Å². The smallest absolute Gasteiger partial charge is 0.283 e. The topological polar surface area (TPSA) is 58.6 Å². The number of carbonyl (C=O) groups excluding carboxylic acids is 2. The minimum absolute atomic E-state index is 0.0709. The second-order valence-corrected chi connectivity index (χ2v) is 7.43. The van der Waals surface area contributed by atoms with Gasteiger partial charge in [-0.3, -0.25) is 9.59 Å². The van der Waals surface area contributed by atoms with E-state index in [-0.39, 0.29) is 16.3 Å². The minimum atomic E-state index is -0.651. The van der Waals surface area contributed by atoms with Crippen molar-refractivity contribution in [2.75, 3.05) is 17.3 Å². The summed E-state index contributed by atoms with van der Waals surface area (Å²) in [5, 5.41) is 3.03. The van der Waals surface area contributed by atoms with E-state index in [2.05, 4.69) is 5.32 Å². The SMILES string of the molecule is COc1ccccc1NC1=C(Sc2ccccc2)C(=O)N(c2ccccc2F)C1=O. The van der Waals surface area contributed by atoms with Gasteiger partial charge >= 0.3 is 0 Å². The van der Waals surface area contributed by atoms with Gasteiger partial charge in [0.1, 0.15) is 22.2 Å². The zero-order valence-electron chi connectivity index (χ0n) is 16.0. The third-order valence-corrected chi connectivity index (χ3v) is 5.56. The van der Waals surface area contributed by atoms with Gasteiger partial charge in [-0.25, -0.2) is 9.29 Å². The molecule has 0 fully saturated rings. The highest BCUT2D eigenvalue weighted by Crippen LogP contribution is 2.39. The Hall–Kier alpha value is -3.58. The van der Waals surface area contributed by atoms with Crippen molar-refractivity contribution < 1.29 is 18.7 Å². The number of carbonyl (C=O) groups is 2. The summed E-state index contributed by atoms with van der Waals surface area (Å²) < 4.78 is 19.7. The maximum atomic E-state index is 14.4. The number of imide groups is 1. The van der Waals surface area contributed by atoms with Gasteiger partial charge < -0.3 is 10.1 Å². The zero-order chi connectivity index (χ0) is 21.1. The Morgan fingerprint density at radius 1 is 0.867 bits per heavy atom. The Balaban J connectivity index is 1.79. The van der Waals surface area contributed by atoms with Crippen molar-refractivity contribution in [3.8, 4) is 5.75 Å². The number of hydrogen-bond donors (Lipinski definition) is 1. The van der Waals surface area contributed by atoms with E-state index in [1.54, 1.807) is 30.3 Å². The Kier molecular flexibility index (Phi) is 5.54. The van der Waals surface area contributed by atoms with Gasteiger partial charge in [-0.1, -0.05) is 54.2 Å². The molecule has 3 aromatic rings. The molecule has 1 N–H and O–H groups in total. The fourth-order valence-electron chi connectivity index (χ4n) is 3.06. The van der Waals surface area contributed by atoms with Crippen LogP contribution in [0.2, 0.25) is 0 Å². The summed E-state index contributed by atoms with van der Waals surface area (Å²) in [7, 11) is 1.52. The van der Waals surface area contributed by atoms with Crippen molar-refractivity contribution in [1.82, 2.24) is 0 Å². The molecule has 7 heteroatoms. The highest BCUT2D eigenvalue weighted by molar-refractivity contribution is 8.04. The molecule has 0 aromatic heterocycles. The molecule has 30 heavy (non-hydrogen) atoms. The second kappa shape index (κ2) is 8.42. The number of benzene rings is 3. The first-order valence-electron chi connectivity index (χ1n) is 9.10. The molecule has 0 atom stereocenters. The van der Waals surface area contributed by atoms with Crippen molar-refractivity contribution in [3.63, 3.8) is 0 Å². The number of ether oxygens (including phenoxy) is 1. The lowest BCUT2D eigenvalue weighted by molar-refractivity contribution is -0.120. The molecule has 0 aliphatic carbocycles. The second-order valence-electron chi connectivity index (χ2n) is 6.34. The van der Waals surface area contributed by atoms with Gasteiger partial charge in [0.15, 0.2) is 0 Å². The van der Waals surface area contributed by atoms with Crippen LogP contribution in [0.15, 0.2) is 94.4 Å². The van der Waals surface area contributed by atoms with Crippen LogP contribution in [0.25, 0.3) is 0 Å². The van der Waals surface area contributed by atoms with Crippen molar-refractivity contribution in [2.45, 2.75) is 4.90 Å². The number of hydrogen-bond acceptors (Lipinski definition) is 5. The van der Waals surface area contributed by atoms with Gasteiger partial charge in [0.25, 0.3) is 11.8 Å². The molecule has 1 aliphatic rings. The number of halogens is 1. The maximum Gasteiger partial charge on any atom is 0.283 e. The van der Waals surface area contributed by atoms with E-state index in [1.165, 1.54) is 25.3 Å². The van der Waals surface area contributed by atoms with E-state index in [0.29, 0.717) is 11.4 Å². The summed E-state index contributed by atoms with van der Waals surface area (Å²) in [5.41, 5.74) is 0.509. The van der Waals surface area contributed by atoms with E-state index in [1.807, 2.05) is 30.3 Å². The zero-order valence-corrected chi connectivity index (χ0v) is 16.8. The van der Waals surface area contributed by atoms with Gasteiger partial charge in [-0.05, 0) is 36.4 Å². The first kappa shape index (κ1) is 19.7. The Morgan fingerprint density at radius 2 is 1.53 bits per heavy atom. The van der Waals surface area contributed by atoms with Crippen LogP contribution in [-0.2, 0) is 9.59 Å². The summed E-state index contributed by atoms with van der Waals surface area (Å²) in [6.07, 6.45) is 0. The molecule has 0 saturated heterocycles. The number of para-hydroxylation sites is 3. The molecule has 1 heterocycles. The maximum absolute atomic E-state index is 14.4. The lowest BCUT2D eigenvalue weighted by Crippen LogP contribution is -2.33. The average molecular weight is 420 g/mol. The van der Waals surface area contributed by atoms with Crippen molar-refractivity contribution in [1.29, 1.82) is 0 Å². The van der Waals surface area contributed by atoms with Crippen LogP contribution in [0.4, 0.5) is 15.8 Å². The Morgan fingerprint density at radius 3 is 2.27 bits per heavy atom. The van der Waals surface area contributed by atoms with Crippen molar-refractivity contribution >= 4 is 35.0 Å². The molecule has 1 aliphatic heterocycles. The molecule has 0 bridgehead atoms. The van der Waals surface area contributed by atoms with Gasteiger partial charge in [0.05, 0.1) is 18.5 Å². The number of methoxy groups -OCH3 is 1. The summed E-state index contributed by atoms with van der Waals surface area (Å²) in [6, 6.07) is 22.0. The molecule has 4 rings (SSSR count). The quantitative estimate of drug-likeness (QED) is 0.579. The van der Waals surface area contributed by atoms with Crippen LogP contribution in [0, 0.1) is 5.82 Å². The number of amides is 2. The van der Waals surface area contributed by atoms with E-state index < -0.39 is 17.6 Å². The van der Waals surface area contributed by atoms with E-state index in [4.69, 9.17) is 4.74 Å². The van der Waals surface area contributed by atoms with Gasteiger partial charge in [-0.2, -0.15) is 0 Å². The molecular weight excluding hydrogens is 403 g/mol. The lowest BCUT2D eigenvalue weighted by atomic mass is 10.2. The summed E-state index contributed by atoms with van der Waals surface area (Å²) >= 11 is 1.15. The van der Waals surface area contributed by atoms with Gasteiger partial charge in [0, 0.05) is 4.90 Å². The number of anilines is 2. The first-order valence-corrected chi connectivity index (χ1v) is 9.92. The molecule has 2 amide bonds. The number of nitrogens with zero attached hydrogens (tertiary/aromatic N) is 1. The van der Waals surface area contributed by atoms with Crippen LogP contribution in [0.3, 0.4) is 0 Å². The highest BCUT2D eigenvalue weighted by Gasteiger charge is 2.41. The third-order valence-electron chi connectivity index (χ3n) is 4.46. The summed E-state index contributed by atoms with van der Waals surface area (Å²) in [6.45, 7) is 0. The lowest BCUT2D eigenvalue weighted by Gasteiger charge is -2.16. The van der Waals surface area contributed by atoms with Crippen LogP contribution in [0.5, 0.6) is 5.75 Å². The molecule has 0 unspecified atom stereocenters. The summed E-state index contributed by atoms with van der Waals surface area (Å²) in [4.78, 5) is 28.3. The predicted molar refractivity (Wildman–Crippen MR) is 115 cm³/mol. The molecule has 0 spiro atoms. The largest absolute Gasteiger partial charge is 0.495 e. The number of nitrogens with one attached hydrogen (secondary N) is 1. The third kappa shape index (κ3) is 3.67. The van der Waals surface area contributed by atoms with Crippen LogP contribution < -0.4 is 15.0 Å². The molecule has 3 aromatic carbocycles. The van der Waals surface area contributed by atoms with Gasteiger partial charge in [-0.15, -0.1) is 0 Å². The fraction of sp³-hybridized carbons (Fsp3) is 0.0435. The van der Waals surface area contributed by atoms with Crippen molar-refractivity contribution in [3.05, 3.63) is 95.3 Å². The Bertz CT molecular complexity index is 1150. The molecule has 0 radical (unpaired) electrons. The predicted octanol–water partition coefficient (Wildman–Crippen LogP) is 4.82. The molecule has 5 nitrogen and oxygen atoms in total. The van der Waals surface area contributed by atoms with Crippen molar-refractivity contribution in [2.24, 2.45) is 0 Å². The van der Waals surface area contributed by atoms with E-state index >= 15 is 0 Å². The standard InChI is InChI=1S/C23H17FN2O3S/c1-29-19-14-8-6-12-17(19)25-20-21(30-15-9-3-2-4-10-15)23(28)26(22(20)27)18-13-7-5-11-16(18)24/h2-14,25H,1H3. The normalized spacial score (nSPS) is 13.7. The fourth-order valence-corrected chi connectivity index (χ4v) is 4.00. The average Bonchev–Trinajstić information content (AvgIpc) is 2.99.